The highest BCUT2D eigenvalue weighted by Gasteiger charge is 2.08. The average Bonchev–Trinajstić information content (AvgIpc) is 2.00. The molecule has 0 fully saturated rings. The van der Waals surface area contributed by atoms with E-state index in [1.165, 1.54) is 6.26 Å². The van der Waals surface area contributed by atoms with Crippen LogP contribution < -0.4 is 0 Å². The minimum Gasteiger partial charge on any atom is -0.482 e. The van der Waals surface area contributed by atoms with Gasteiger partial charge in [0, 0.05) is 0 Å². The van der Waals surface area contributed by atoms with Crippen LogP contribution in [-0.2, 0) is 4.74 Å². The summed E-state index contributed by atoms with van der Waals surface area (Å²) in [5.74, 6) is 3.09. The second-order valence-electron chi connectivity index (χ2n) is 3.77. The molecule has 0 N–H and O–H groups in total. The quantitative estimate of drug-likeness (QED) is 0.290. The number of ether oxygens (including phenoxy) is 1. The molecule has 0 aliphatic carbocycles. The molecule has 0 aromatic rings. The lowest BCUT2D eigenvalue weighted by Gasteiger charge is -2.07. The first-order chi connectivity index (χ1) is 5.99. The van der Waals surface area contributed by atoms with Gasteiger partial charge in [-0.3, -0.25) is 0 Å². The van der Waals surface area contributed by atoms with Crippen molar-refractivity contribution in [3.8, 4) is 11.5 Å². The zero-order chi connectivity index (χ0) is 10.3. The highest BCUT2D eigenvalue weighted by molar-refractivity contribution is 6.83. The Kier molecular flexibility index (Phi) is 5.25. The van der Waals surface area contributed by atoms with Gasteiger partial charge in [0.25, 0.3) is 0 Å². The molecule has 0 aliphatic rings. The molecule has 0 aromatic carbocycles. The van der Waals surface area contributed by atoms with Crippen molar-refractivity contribution < 1.29 is 4.74 Å². The third kappa shape index (κ3) is 7.42. The molecular weight excluding hydrogens is 176 g/mol. The lowest BCUT2D eigenvalue weighted by Crippen LogP contribution is -2.17. The molecule has 0 heterocycles. The molecule has 0 saturated heterocycles. The molecular formula is C11H18OSi. The first-order valence-electron chi connectivity index (χ1n) is 4.41. The standard InChI is InChI=1S/C11H18OSi/c1-6-8-11(12-7-2)9-10-13(3,4)5/h6-8,11H,2H2,1,3-5H3/b8-6+. The van der Waals surface area contributed by atoms with Gasteiger partial charge < -0.3 is 4.74 Å². The maximum atomic E-state index is 5.20. The van der Waals surface area contributed by atoms with Crippen LogP contribution in [0.25, 0.3) is 0 Å². The van der Waals surface area contributed by atoms with Crippen LogP contribution in [0.3, 0.4) is 0 Å². The first kappa shape index (κ1) is 12.1. The van der Waals surface area contributed by atoms with E-state index in [4.69, 9.17) is 4.74 Å². The molecule has 0 saturated carbocycles. The first-order valence-corrected chi connectivity index (χ1v) is 7.91. The Bertz CT molecular complexity index is 237. The number of allylic oxidation sites excluding steroid dienone is 1. The third-order valence-electron chi connectivity index (χ3n) is 1.20. The van der Waals surface area contributed by atoms with Crippen molar-refractivity contribution in [1.29, 1.82) is 0 Å². The normalized spacial score (nSPS) is 13.2. The van der Waals surface area contributed by atoms with Crippen LogP contribution in [0.15, 0.2) is 25.0 Å². The Hall–Kier alpha value is -0.943. The highest BCUT2D eigenvalue weighted by Crippen LogP contribution is 1.99. The van der Waals surface area contributed by atoms with Crippen molar-refractivity contribution in [2.75, 3.05) is 0 Å². The van der Waals surface area contributed by atoms with E-state index in [0.29, 0.717) is 0 Å². The summed E-state index contributed by atoms with van der Waals surface area (Å²) in [5, 5.41) is 0. The van der Waals surface area contributed by atoms with E-state index in [0.717, 1.165) is 0 Å². The van der Waals surface area contributed by atoms with E-state index in [1.54, 1.807) is 0 Å². The summed E-state index contributed by atoms with van der Waals surface area (Å²) in [6.07, 6.45) is 5.17. The fourth-order valence-corrected chi connectivity index (χ4v) is 1.27. The van der Waals surface area contributed by atoms with Crippen molar-refractivity contribution in [3.05, 3.63) is 25.0 Å². The summed E-state index contributed by atoms with van der Waals surface area (Å²) in [4.78, 5) is 0. The smallest absolute Gasteiger partial charge is 0.175 e. The average molecular weight is 194 g/mol. The molecule has 1 nitrogen and oxygen atoms in total. The second-order valence-corrected chi connectivity index (χ2v) is 8.52. The van der Waals surface area contributed by atoms with E-state index < -0.39 is 8.07 Å². The maximum absolute atomic E-state index is 5.20. The Morgan fingerprint density at radius 1 is 1.38 bits per heavy atom. The van der Waals surface area contributed by atoms with Crippen LogP contribution >= 0.6 is 0 Å². The minimum atomic E-state index is -1.29. The molecule has 0 bridgehead atoms. The maximum Gasteiger partial charge on any atom is 0.175 e. The molecule has 72 valence electrons. The SMILES string of the molecule is C=COC(C#C[Si](C)(C)C)/C=C/C. The van der Waals surface area contributed by atoms with Gasteiger partial charge in [0.2, 0.25) is 0 Å². The van der Waals surface area contributed by atoms with Gasteiger partial charge in [-0.05, 0) is 13.0 Å². The van der Waals surface area contributed by atoms with Gasteiger partial charge in [0.05, 0.1) is 6.26 Å². The van der Waals surface area contributed by atoms with Crippen molar-refractivity contribution >= 4 is 8.07 Å². The zero-order valence-corrected chi connectivity index (χ0v) is 9.92. The van der Waals surface area contributed by atoms with Gasteiger partial charge in [-0.15, -0.1) is 5.54 Å². The third-order valence-corrected chi connectivity index (χ3v) is 2.09. The lowest BCUT2D eigenvalue weighted by molar-refractivity contribution is 0.237. The summed E-state index contributed by atoms with van der Waals surface area (Å²) in [6, 6.07) is 0. The number of rotatable bonds is 3. The fraction of sp³-hybridized carbons (Fsp3) is 0.455. The van der Waals surface area contributed by atoms with Crippen LogP contribution in [0.1, 0.15) is 6.92 Å². The molecule has 1 atom stereocenters. The van der Waals surface area contributed by atoms with Gasteiger partial charge >= 0.3 is 0 Å². The summed E-state index contributed by atoms with van der Waals surface area (Å²) < 4.78 is 5.20. The monoisotopic (exact) mass is 194 g/mol. The van der Waals surface area contributed by atoms with Gasteiger partial charge in [-0.1, -0.05) is 38.2 Å². The van der Waals surface area contributed by atoms with Gasteiger partial charge in [0.15, 0.2) is 6.10 Å². The van der Waals surface area contributed by atoms with Gasteiger partial charge in [-0.25, -0.2) is 0 Å². The number of hydrogen-bond acceptors (Lipinski definition) is 1. The van der Waals surface area contributed by atoms with Crippen LogP contribution in [-0.4, -0.2) is 14.2 Å². The van der Waals surface area contributed by atoms with Gasteiger partial charge in [-0.2, -0.15) is 0 Å². The predicted molar refractivity (Wildman–Crippen MR) is 61.0 cm³/mol. The highest BCUT2D eigenvalue weighted by atomic mass is 28.3. The Morgan fingerprint density at radius 2 is 2.00 bits per heavy atom. The molecule has 1 unspecified atom stereocenters. The van der Waals surface area contributed by atoms with E-state index in [2.05, 4.69) is 37.7 Å². The summed E-state index contributed by atoms with van der Waals surface area (Å²) in [5.41, 5.74) is 3.26. The van der Waals surface area contributed by atoms with E-state index in [9.17, 15) is 0 Å². The summed E-state index contributed by atoms with van der Waals surface area (Å²) in [7, 11) is -1.29. The zero-order valence-electron chi connectivity index (χ0n) is 8.92. The molecule has 13 heavy (non-hydrogen) atoms. The molecule has 0 spiro atoms. The Morgan fingerprint density at radius 3 is 2.38 bits per heavy atom. The minimum absolute atomic E-state index is 0.130. The topological polar surface area (TPSA) is 9.23 Å². The Balaban J connectivity index is 4.37. The van der Waals surface area contributed by atoms with E-state index in [1.807, 2.05) is 19.1 Å². The van der Waals surface area contributed by atoms with Crippen molar-refractivity contribution in [3.63, 3.8) is 0 Å². The summed E-state index contributed by atoms with van der Waals surface area (Å²) >= 11 is 0. The van der Waals surface area contributed by atoms with E-state index in [-0.39, 0.29) is 6.10 Å². The van der Waals surface area contributed by atoms with Crippen molar-refractivity contribution in [2.24, 2.45) is 0 Å². The molecule has 0 amide bonds. The van der Waals surface area contributed by atoms with Crippen LogP contribution in [0, 0.1) is 11.5 Å². The lowest BCUT2D eigenvalue weighted by atomic mass is 10.3. The fourth-order valence-electron chi connectivity index (χ4n) is 0.694. The summed E-state index contributed by atoms with van der Waals surface area (Å²) in [6.45, 7) is 12.1. The molecule has 0 rings (SSSR count). The van der Waals surface area contributed by atoms with Crippen LogP contribution in [0.4, 0.5) is 0 Å². The van der Waals surface area contributed by atoms with Crippen molar-refractivity contribution in [2.45, 2.75) is 32.7 Å². The predicted octanol–water partition coefficient (Wildman–Crippen LogP) is 2.97. The molecule has 0 aromatic heterocycles. The van der Waals surface area contributed by atoms with Crippen LogP contribution in [0.2, 0.25) is 19.6 Å². The largest absolute Gasteiger partial charge is 0.482 e. The van der Waals surface area contributed by atoms with Gasteiger partial charge in [0.1, 0.15) is 8.07 Å². The molecule has 0 radical (unpaired) electrons. The second kappa shape index (κ2) is 5.66. The van der Waals surface area contributed by atoms with E-state index >= 15 is 0 Å². The van der Waals surface area contributed by atoms with Crippen molar-refractivity contribution in [1.82, 2.24) is 0 Å². The Labute approximate surface area is 82.5 Å². The van der Waals surface area contributed by atoms with Crippen LogP contribution in [0.5, 0.6) is 0 Å². The number of hydrogen-bond donors (Lipinski definition) is 0. The molecule has 2 heteroatoms. The molecule has 0 aliphatic heterocycles.